The summed E-state index contributed by atoms with van der Waals surface area (Å²) < 4.78 is 11.8. The second-order valence-corrected chi connectivity index (χ2v) is 4.76. The van der Waals surface area contributed by atoms with E-state index < -0.39 is 17.3 Å². The van der Waals surface area contributed by atoms with Crippen LogP contribution in [0.25, 0.3) is 11.0 Å². The maximum atomic E-state index is 12.3. The van der Waals surface area contributed by atoms with Crippen molar-refractivity contribution >= 4 is 17.2 Å². The van der Waals surface area contributed by atoms with E-state index in [0.29, 0.717) is 17.6 Å². The van der Waals surface area contributed by atoms with E-state index in [4.69, 9.17) is 4.74 Å². The molecule has 2 aromatic rings. The van der Waals surface area contributed by atoms with Gasteiger partial charge < -0.3 is 14.0 Å². The summed E-state index contributed by atoms with van der Waals surface area (Å²) in [6.45, 7) is 2.12. The highest BCUT2D eigenvalue weighted by atomic mass is 16.7. The largest absolute Gasteiger partial charge is 0.509 e. The van der Waals surface area contributed by atoms with Crippen molar-refractivity contribution in [2.75, 3.05) is 7.11 Å². The molecule has 22 heavy (non-hydrogen) atoms. The lowest BCUT2D eigenvalue weighted by molar-refractivity contribution is 0.0487. The Morgan fingerprint density at radius 2 is 1.68 bits per heavy atom. The number of carbonyl (C=O) groups is 1. The van der Waals surface area contributed by atoms with Crippen molar-refractivity contribution < 1.29 is 14.3 Å². The van der Waals surface area contributed by atoms with Crippen LogP contribution in [0.15, 0.2) is 33.9 Å². The number of carbonyl (C=O) groups excluding carboxylic acids is 1. The zero-order chi connectivity index (χ0) is 16.1. The molecule has 0 spiro atoms. The number of hydrogen-bond donors (Lipinski definition) is 0. The standard InChI is InChI=1S/C15H18N2O5/c1-3-4-9-16-11-7-5-6-8-12(11)17(14(19)13(16)18)10-22-15(20)21-2/h5-8H,3-4,9-10H2,1-2H3. The predicted molar refractivity (Wildman–Crippen MR) is 80.9 cm³/mol. The number of aryl methyl sites for hydroxylation is 1. The van der Waals surface area contributed by atoms with Gasteiger partial charge in [-0.2, -0.15) is 0 Å². The molecule has 0 aliphatic rings. The average molecular weight is 306 g/mol. The second kappa shape index (κ2) is 6.93. The van der Waals surface area contributed by atoms with E-state index in [0.717, 1.165) is 17.4 Å². The summed E-state index contributed by atoms with van der Waals surface area (Å²) in [7, 11) is 1.17. The molecule has 1 aromatic heterocycles. The van der Waals surface area contributed by atoms with E-state index in [1.165, 1.54) is 11.7 Å². The maximum absolute atomic E-state index is 12.3. The first-order valence-corrected chi connectivity index (χ1v) is 7.03. The Balaban J connectivity index is 2.58. The van der Waals surface area contributed by atoms with E-state index >= 15 is 0 Å². The van der Waals surface area contributed by atoms with Crippen LogP contribution in [-0.2, 0) is 22.7 Å². The number of hydrogen-bond acceptors (Lipinski definition) is 5. The van der Waals surface area contributed by atoms with Crippen LogP contribution in [-0.4, -0.2) is 22.4 Å². The Labute approximate surface area is 126 Å². The molecule has 0 fully saturated rings. The van der Waals surface area contributed by atoms with Gasteiger partial charge in [0.25, 0.3) is 0 Å². The molecule has 0 amide bonds. The van der Waals surface area contributed by atoms with Gasteiger partial charge in [0.2, 0.25) is 0 Å². The Hall–Kier alpha value is -2.57. The number of para-hydroxylation sites is 2. The fourth-order valence-corrected chi connectivity index (χ4v) is 2.21. The van der Waals surface area contributed by atoms with Crippen molar-refractivity contribution in [3.05, 3.63) is 45.0 Å². The first kappa shape index (κ1) is 15.8. The lowest BCUT2D eigenvalue weighted by Crippen LogP contribution is -2.42. The van der Waals surface area contributed by atoms with Gasteiger partial charge in [0, 0.05) is 6.54 Å². The number of methoxy groups -OCH3 is 1. The first-order valence-electron chi connectivity index (χ1n) is 7.03. The monoisotopic (exact) mass is 306 g/mol. The van der Waals surface area contributed by atoms with Gasteiger partial charge >= 0.3 is 17.3 Å². The van der Waals surface area contributed by atoms with Gasteiger partial charge in [-0.1, -0.05) is 25.5 Å². The number of nitrogens with zero attached hydrogens (tertiary/aromatic N) is 2. The molecule has 0 saturated carbocycles. The molecule has 1 heterocycles. The zero-order valence-electron chi connectivity index (χ0n) is 12.6. The fraction of sp³-hybridized carbons (Fsp3) is 0.400. The number of aromatic nitrogens is 2. The van der Waals surface area contributed by atoms with Crippen LogP contribution in [0, 0.1) is 0 Å². The third-order valence-corrected chi connectivity index (χ3v) is 3.35. The third-order valence-electron chi connectivity index (χ3n) is 3.35. The SMILES string of the molecule is CCCCn1c(=O)c(=O)n(COC(=O)OC)c2ccccc21. The normalized spacial score (nSPS) is 10.6. The molecule has 7 heteroatoms. The van der Waals surface area contributed by atoms with Crippen molar-refractivity contribution in [1.29, 1.82) is 0 Å². The van der Waals surface area contributed by atoms with E-state index in [1.54, 1.807) is 24.3 Å². The fourth-order valence-electron chi connectivity index (χ4n) is 2.21. The predicted octanol–water partition coefficient (Wildman–Crippen LogP) is 1.70. The van der Waals surface area contributed by atoms with Crippen molar-refractivity contribution in [2.45, 2.75) is 33.0 Å². The molecule has 2 rings (SSSR count). The summed E-state index contributed by atoms with van der Waals surface area (Å²) in [6, 6.07) is 7.02. The lowest BCUT2D eigenvalue weighted by atomic mass is 10.2. The molecule has 0 aliphatic carbocycles. The molecule has 0 unspecified atom stereocenters. The molecular weight excluding hydrogens is 288 g/mol. The highest BCUT2D eigenvalue weighted by Crippen LogP contribution is 2.11. The molecule has 0 saturated heterocycles. The van der Waals surface area contributed by atoms with Gasteiger partial charge in [-0.25, -0.2) is 4.79 Å². The van der Waals surface area contributed by atoms with Crippen LogP contribution in [0.2, 0.25) is 0 Å². The van der Waals surface area contributed by atoms with Crippen molar-refractivity contribution in [3.8, 4) is 0 Å². The molecular formula is C15H18N2O5. The quantitative estimate of drug-likeness (QED) is 0.620. The van der Waals surface area contributed by atoms with Crippen molar-refractivity contribution in [2.24, 2.45) is 0 Å². The minimum Gasteiger partial charge on any atom is -0.438 e. The first-order chi connectivity index (χ1) is 10.6. The number of benzene rings is 1. The maximum Gasteiger partial charge on any atom is 0.509 e. The van der Waals surface area contributed by atoms with Gasteiger partial charge in [0.1, 0.15) is 0 Å². The summed E-state index contributed by atoms with van der Waals surface area (Å²) in [4.78, 5) is 35.6. The molecule has 0 bridgehead atoms. The van der Waals surface area contributed by atoms with Gasteiger partial charge in [0.05, 0.1) is 18.1 Å². The Bertz CT molecular complexity index is 791. The summed E-state index contributed by atoms with van der Waals surface area (Å²) in [5.74, 6) is 0. The van der Waals surface area contributed by atoms with Gasteiger partial charge in [-0.15, -0.1) is 0 Å². The minimum atomic E-state index is -0.911. The second-order valence-electron chi connectivity index (χ2n) is 4.76. The highest BCUT2D eigenvalue weighted by Gasteiger charge is 2.13. The highest BCUT2D eigenvalue weighted by molar-refractivity contribution is 5.75. The molecule has 0 aliphatic heterocycles. The summed E-state index contributed by atoms with van der Waals surface area (Å²) in [6.07, 6.45) is 0.799. The average Bonchev–Trinajstić information content (AvgIpc) is 2.54. The van der Waals surface area contributed by atoms with Crippen LogP contribution in [0.5, 0.6) is 0 Å². The number of rotatable bonds is 5. The molecule has 7 nitrogen and oxygen atoms in total. The van der Waals surface area contributed by atoms with E-state index in [9.17, 15) is 14.4 Å². The number of unbranched alkanes of at least 4 members (excludes halogenated alkanes) is 1. The van der Waals surface area contributed by atoms with Gasteiger partial charge in [-0.05, 0) is 18.6 Å². The van der Waals surface area contributed by atoms with Crippen molar-refractivity contribution in [1.82, 2.24) is 9.13 Å². The van der Waals surface area contributed by atoms with Crippen LogP contribution < -0.4 is 11.1 Å². The summed E-state index contributed by atoms with van der Waals surface area (Å²) >= 11 is 0. The van der Waals surface area contributed by atoms with Crippen LogP contribution in [0.1, 0.15) is 19.8 Å². The Morgan fingerprint density at radius 3 is 2.27 bits per heavy atom. The summed E-state index contributed by atoms with van der Waals surface area (Å²) in [5, 5.41) is 0. The Morgan fingerprint density at radius 1 is 1.09 bits per heavy atom. The molecule has 0 radical (unpaired) electrons. The third kappa shape index (κ3) is 3.03. The number of ether oxygens (including phenoxy) is 2. The zero-order valence-corrected chi connectivity index (χ0v) is 12.6. The number of fused-ring (bicyclic) bond motifs is 1. The molecule has 0 atom stereocenters. The van der Waals surface area contributed by atoms with E-state index in [-0.39, 0.29) is 6.73 Å². The van der Waals surface area contributed by atoms with Crippen LogP contribution >= 0.6 is 0 Å². The molecule has 118 valence electrons. The van der Waals surface area contributed by atoms with Crippen LogP contribution in [0.3, 0.4) is 0 Å². The van der Waals surface area contributed by atoms with Crippen LogP contribution in [0.4, 0.5) is 4.79 Å². The summed E-state index contributed by atoms with van der Waals surface area (Å²) in [5.41, 5.74) is -0.180. The molecule has 1 aromatic carbocycles. The van der Waals surface area contributed by atoms with E-state index in [2.05, 4.69) is 4.74 Å². The van der Waals surface area contributed by atoms with Crippen molar-refractivity contribution in [3.63, 3.8) is 0 Å². The Kier molecular flexibility index (Phi) is 4.98. The lowest BCUT2D eigenvalue weighted by Gasteiger charge is -2.14. The smallest absolute Gasteiger partial charge is 0.438 e. The minimum absolute atomic E-state index is 0.365. The van der Waals surface area contributed by atoms with Gasteiger partial charge in [0.15, 0.2) is 6.73 Å². The topological polar surface area (TPSA) is 79.5 Å². The van der Waals surface area contributed by atoms with E-state index in [1.807, 2.05) is 6.92 Å². The molecule has 0 N–H and O–H groups in total. The van der Waals surface area contributed by atoms with Gasteiger partial charge in [-0.3, -0.25) is 14.2 Å².